The number of carbonyl (C=O) groups excluding carboxylic acids is 1. The van der Waals surface area contributed by atoms with Gasteiger partial charge in [-0.05, 0) is 79.1 Å². The lowest BCUT2D eigenvalue weighted by molar-refractivity contribution is 0.0118. The van der Waals surface area contributed by atoms with E-state index in [0.29, 0.717) is 48.9 Å². The number of fused-ring (bicyclic) bond motifs is 1. The molecule has 0 bridgehead atoms. The van der Waals surface area contributed by atoms with Crippen LogP contribution in [0.25, 0.3) is 5.65 Å². The summed E-state index contributed by atoms with van der Waals surface area (Å²) in [4.78, 5) is 33.2. The molecule has 5 aromatic rings. The highest BCUT2D eigenvalue weighted by Gasteiger charge is 2.35. The highest BCUT2D eigenvalue weighted by molar-refractivity contribution is 6.30. The number of pyridine rings is 1. The average molecular weight is 651 g/mol. The fourth-order valence-electron chi connectivity index (χ4n) is 6.78. The summed E-state index contributed by atoms with van der Waals surface area (Å²) in [6.45, 7) is 2.88. The van der Waals surface area contributed by atoms with Crippen LogP contribution in [0.2, 0.25) is 5.02 Å². The first-order valence-corrected chi connectivity index (χ1v) is 16.6. The van der Waals surface area contributed by atoms with Crippen molar-refractivity contribution in [2.75, 3.05) is 50.1 Å². The van der Waals surface area contributed by atoms with E-state index in [2.05, 4.69) is 20.9 Å². The third kappa shape index (κ3) is 6.66. The largest absolute Gasteiger partial charge is 0.385 e. The minimum absolute atomic E-state index is 0.0655. The van der Waals surface area contributed by atoms with Gasteiger partial charge in [0.1, 0.15) is 12.1 Å². The van der Waals surface area contributed by atoms with Crippen LogP contribution in [0.1, 0.15) is 52.3 Å². The van der Waals surface area contributed by atoms with Crippen LogP contribution in [-0.2, 0) is 18.4 Å². The van der Waals surface area contributed by atoms with Crippen molar-refractivity contribution >= 4 is 34.7 Å². The Kier molecular flexibility index (Phi) is 8.55. The van der Waals surface area contributed by atoms with E-state index in [9.17, 15) is 9.90 Å². The summed E-state index contributed by atoms with van der Waals surface area (Å²) in [5.74, 6) is 2.06. The molecule has 0 spiro atoms. The SMILES string of the molecule is CN(C)c1cc(CC2CCN(C(=O)c3ccc(Cc4nc5c(N6CCC(O)(c7ccc(Cl)cc7)CC6)cccn5n4)cc3)C2)ncn1. The van der Waals surface area contributed by atoms with E-state index in [-0.39, 0.29) is 5.91 Å². The van der Waals surface area contributed by atoms with Crippen LogP contribution in [0.3, 0.4) is 0 Å². The predicted octanol–water partition coefficient (Wildman–Crippen LogP) is 5.02. The van der Waals surface area contributed by atoms with E-state index in [1.807, 2.05) is 95.3 Å². The van der Waals surface area contributed by atoms with Gasteiger partial charge < -0.3 is 19.8 Å². The molecule has 0 radical (unpaired) electrons. The number of hydrogen-bond acceptors (Lipinski definition) is 8. The zero-order valence-corrected chi connectivity index (χ0v) is 27.5. The number of amides is 1. The first-order valence-electron chi connectivity index (χ1n) is 16.2. The minimum Gasteiger partial charge on any atom is -0.385 e. The normalized spacial score (nSPS) is 17.7. The monoisotopic (exact) mass is 650 g/mol. The van der Waals surface area contributed by atoms with Crippen LogP contribution >= 0.6 is 11.6 Å². The van der Waals surface area contributed by atoms with E-state index >= 15 is 0 Å². The van der Waals surface area contributed by atoms with Gasteiger partial charge in [-0.2, -0.15) is 5.10 Å². The van der Waals surface area contributed by atoms with Gasteiger partial charge in [0, 0.05) is 75.2 Å². The number of carbonyl (C=O) groups is 1. The van der Waals surface area contributed by atoms with Crippen LogP contribution in [0.4, 0.5) is 11.5 Å². The van der Waals surface area contributed by atoms with Gasteiger partial charge in [-0.3, -0.25) is 4.79 Å². The summed E-state index contributed by atoms with van der Waals surface area (Å²) < 4.78 is 1.83. The second-order valence-corrected chi connectivity index (χ2v) is 13.4. The van der Waals surface area contributed by atoms with Crippen molar-refractivity contribution in [2.45, 2.75) is 37.7 Å². The smallest absolute Gasteiger partial charge is 0.253 e. The quantitative estimate of drug-likeness (QED) is 0.250. The summed E-state index contributed by atoms with van der Waals surface area (Å²) in [6.07, 6.45) is 7.12. The molecule has 2 saturated heterocycles. The van der Waals surface area contributed by atoms with Gasteiger partial charge in [0.2, 0.25) is 0 Å². The molecule has 1 unspecified atom stereocenters. The Hall–Kier alpha value is -4.54. The minimum atomic E-state index is -0.872. The number of anilines is 2. The number of halogens is 1. The van der Waals surface area contributed by atoms with E-state index in [4.69, 9.17) is 21.7 Å². The lowest BCUT2D eigenvalue weighted by Gasteiger charge is -2.39. The Morgan fingerprint density at radius 2 is 1.79 bits per heavy atom. The highest BCUT2D eigenvalue weighted by Crippen LogP contribution is 2.36. The Labute approximate surface area is 279 Å². The molecule has 1 atom stereocenters. The summed E-state index contributed by atoms with van der Waals surface area (Å²) in [6, 6.07) is 21.4. The molecule has 2 aliphatic heterocycles. The second-order valence-electron chi connectivity index (χ2n) is 13.0. The molecular weight excluding hydrogens is 612 g/mol. The van der Waals surface area contributed by atoms with Crippen LogP contribution < -0.4 is 9.80 Å². The number of aromatic nitrogens is 5. The van der Waals surface area contributed by atoms with E-state index in [1.165, 1.54) is 0 Å². The molecular formula is C36H39ClN8O2. The molecule has 1 amide bonds. The first kappa shape index (κ1) is 31.1. The molecule has 3 aromatic heterocycles. The second kappa shape index (κ2) is 12.9. The molecule has 11 heteroatoms. The molecule has 5 heterocycles. The Bertz CT molecular complexity index is 1870. The van der Waals surface area contributed by atoms with Crippen molar-refractivity contribution in [3.05, 3.63) is 112 Å². The molecule has 0 aliphatic carbocycles. The van der Waals surface area contributed by atoms with Crippen LogP contribution in [0.5, 0.6) is 0 Å². The van der Waals surface area contributed by atoms with E-state index in [1.54, 1.807) is 6.33 Å². The van der Waals surface area contributed by atoms with Crippen molar-refractivity contribution < 1.29 is 9.90 Å². The molecule has 1 N–H and O–H groups in total. The average Bonchev–Trinajstić information content (AvgIpc) is 3.72. The third-order valence-corrected chi connectivity index (χ3v) is 9.75. The zero-order valence-electron chi connectivity index (χ0n) is 26.8. The van der Waals surface area contributed by atoms with Crippen molar-refractivity contribution in [3.8, 4) is 0 Å². The van der Waals surface area contributed by atoms with Crippen molar-refractivity contribution in [1.82, 2.24) is 29.5 Å². The van der Waals surface area contributed by atoms with Gasteiger partial charge in [-0.25, -0.2) is 19.5 Å². The van der Waals surface area contributed by atoms with Crippen LogP contribution in [0.15, 0.2) is 79.3 Å². The molecule has 47 heavy (non-hydrogen) atoms. The number of aliphatic hydroxyl groups is 1. The fourth-order valence-corrected chi connectivity index (χ4v) is 6.90. The molecule has 0 saturated carbocycles. The number of nitrogens with zero attached hydrogens (tertiary/aromatic N) is 8. The summed E-state index contributed by atoms with van der Waals surface area (Å²) in [7, 11) is 3.94. The van der Waals surface area contributed by atoms with Crippen molar-refractivity contribution in [3.63, 3.8) is 0 Å². The Morgan fingerprint density at radius 1 is 1.02 bits per heavy atom. The lowest BCUT2D eigenvalue weighted by atomic mass is 9.84. The van der Waals surface area contributed by atoms with Gasteiger partial charge in [-0.15, -0.1) is 0 Å². The first-order chi connectivity index (χ1) is 22.7. The lowest BCUT2D eigenvalue weighted by Crippen LogP contribution is -2.42. The third-order valence-electron chi connectivity index (χ3n) is 9.50. The maximum Gasteiger partial charge on any atom is 0.253 e. The molecule has 10 nitrogen and oxygen atoms in total. The van der Waals surface area contributed by atoms with Gasteiger partial charge in [0.05, 0.1) is 11.3 Å². The topological polar surface area (TPSA) is 103 Å². The fraction of sp³-hybridized carbons (Fsp3) is 0.361. The van der Waals surface area contributed by atoms with Gasteiger partial charge in [0.25, 0.3) is 5.91 Å². The van der Waals surface area contributed by atoms with Crippen molar-refractivity contribution in [2.24, 2.45) is 5.92 Å². The van der Waals surface area contributed by atoms with Crippen LogP contribution in [-0.4, -0.2) is 80.8 Å². The number of hydrogen-bond donors (Lipinski definition) is 1. The summed E-state index contributed by atoms with van der Waals surface area (Å²) >= 11 is 6.06. The van der Waals surface area contributed by atoms with Gasteiger partial charge in [-0.1, -0.05) is 35.9 Å². The predicted molar refractivity (Wildman–Crippen MR) is 183 cm³/mol. The van der Waals surface area contributed by atoms with E-state index in [0.717, 1.165) is 65.7 Å². The molecule has 2 aliphatic rings. The summed E-state index contributed by atoms with van der Waals surface area (Å²) in [5.41, 5.74) is 4.59. The number of rotatable bonds is 8. The van der Waals surface area contributed by atoms with Gasteiger partial charge >= 0.3 is 0 Å². The van der Waals surface area contributed by atoms with Crippen molar-refractivity contribution in [1.29, 1.82) is 0 Å². The molecule has 7 rings (SSSR count). The molecule has 2 fully saturated rings. The maximum absolute atomic E-state index is 13.3. The number of likely N-dealkylation sites (tertiary alicyclic amines) is 1. The zero-order chi connectivity index (χ0) is 32.5. The van der Waals surface area contributed by atoms with Crippen LogP contribution in [0, 0.1) is 5.92 Å². The Balaban J connectivity index is 0.973. The number of benzene rings is 2. The Morgan fingerprint density at radius 3 is 2.53 bits per heavy atom. The van der Waals surface area contributed by atoms with Gasteiger partial charge in [0.15, 0.2) is 11.5 Å². The van der Waals surface area contributed by atoms with E-state index < -0.39 is 5.60 Å². The molecule has 2 aromatic carbocycles. The standard InChI is InChI=1S/C36H39ClN8O2/c1-42(2)33-22-30(38-24-39-33)20-26-13-17-44(23-26)35(46)27-7-5-25(6-8-27)21-32-40-34-31(4-3-16-45(34)41-32)43-18-14-36(47,15-19-43)28-9-11-29(37)12-10-28/h3-12,16,22,24,26,47H,13-15,17-21,23H2,1-2H3. The molecule has 242 valence electrons. The highest BCUT2D eigenvalue weighted by atomic mass is 35.5. The maximum atomic E-state index is 13.3. The number of piperidine rings is 1. The summed E-state index contributed by atoms with van der Waals surface area (Å²) in [5, 5.41) is 16.8.